The summed E-state index contributed by atoms with van der Waals surface area (Å²) in [5.74, 6) is -0.0614. The number of fused-ring (bicyclic) bond motifs is 1. The van der Waals surface area contributed by atoms with E-state index in [1.807, 2.05) is 19.1 Å². The maximum absolute atomic E-state index is 10.8. The zero-order valence-electron chi connectivity index (χ0n) is 13.5. The van der Waals surface area contributed by atoms with E-state index in [2.05, 4.69) is 15.3 Å². The zero-order valence-corrected chi connectivity index (χ0v) is 13.5. The lowest BCUT2D eigenvalue weighted by atomic mass is 9.93. The molecule has 0 aliphatic heterocycles. The molecule has 1 saturated carbocycles. The van der Waals surface area contributed by atoms with Crippen LogP contribution in [0, 0.1) is 6.92 Å². The molecule has 24 heavy (non-hydrogen) atoms. The molecule has 0 saturated heterocycles. The van der Waals surface area contributed by atoms with Crippen LogP contribution < -0.4 is 10.1 Å². The number of aliphatic carboxylic acids is 1. The number of anilines is 1. The standard InChI is InChI=1S/C17H21N3O4/c1-10-2-3-11-8-18-17(19-12-4-6-13(21)7-5-12)20-15(11)16(10)24-9-14(22)23/h2-3,8,12-13,21H,4-7,9H2,1H3,(H,22,23)(H,18,19,20)/t12-,13-. The molecule has 7 heteroatoms. The van der Waals surface area contributed by atoms with Gasteiger partial charge < -0.3 is 20.3 Å². The van der Waals surface area contributed by atoms with Crippen LogP contribution >= 0.6 is 0 Å². The van der Waals surface area contributed by atoms with Crippen LogP contribution in [0.5, 0.6) is 5.75 Å². The molecule has 0 radical (unpaired) electrons. The van der Waals surface area contributed by atoms with Gasteiger partial charge in [-0.3, -0.25) is 0 Å². The first-order valence-corrected chi connectivity index (χ1v) is 8.08. The number of carboxylic acids is 1. The lowest BCUT2D eigenvalue weighted by Gasteiger charge is -2.26. The summed E-state index contributed by atoms with van der Waals surface area (Å²) >= 11 is 0. The van der Waals surface area contributed by atoms with E-state index in [-0.39, 0.29) is 12.1 Å². The normalized spacial score (nSPS) is 20.8. The summed E-state index contributed by atoms with van der Waals surface area (Å²) in [5.41, 5.74) is 1.43. The topological polar surface area (TPSA) is 105 Å². The molecular weight excluding hydrogens is 310 g/mol. The first kappa shape index (κ1) is 16.4. The summed E-state index contributed by atoms with van der Waals surface area (Å²) in [5, 5.41) is 22.5. The van der Waals surface area contributed by atoms with Crippen LogP contribution in [0.25, 0.3) is 10.9 Å². The van der Waals surface area contributed by atoms with Crippen LogP contribution in [-0.2, 0) is 4.79 Å². The van der Waals surface area contributed by atoms with Gasteiger partial charge in [0.2, 0.25) is 5.95 Å². The van der Waals surface area contributed by atoms with Crippen LogP contribution in [0.4, 0.5) is 5.95 Å². The molecule has 128 valence electrons. The molecule has 1 aromatic carbocycles. The van der Waals surface area contributed by atoms with Gasteiger partial charge in [0.15, 0.2) is 6.61 Å². The van der Waals surface area contributed by atoms with Gasteiger partial charge in [-0.25, -0.2) is 14.8 Å². The van der Waals surface area contributed by atoms with Gasteiger partial charge in [0.05, 0.1) is 6.10 Å². The number of rotatable bonds is 5. The average molecular weight is 331 g/mol. The predicted molar refractivity (Wildman–Crippen MR) is 89.3 cm³/mol. The Balaban J connectivity index is 1.85. The second kappa shape index (κ2) is 7.00. The number of nitrogens with zero attached hydrogens (tertiary/aromatic N) is 2. The number of hydrogen-bond acceptors (Lipinski definition) is 6. The third-order valence-electron chi connectivity index (χ3n) is 4.27. The smallest absolute Gasteiger partial charge is 0.341 e. The van der Waals surface area contributed by atoms with E-state index in [0.29, 0.717) is 17.2 Å². The van der Waals surface area contributed by atoms with Gasteiger partial charge in [0.1, 0.15) is 11.3 Å². The van der Waals surface area contributed by atoms with Crippen molar-refractivity contribution in [2.45, 2.75) is 44.8 Å². The fourth-order valence-corrected chi connectivity index (χ4v) is 2.96. The van der Waals surface area contributed by atoms with E-state index in [1.54, 1.807) is 6.20 Å². The summed E-state index contributed by atoms with van der Waals surface area (Å²) in [4.78, 5) is 19.6. The Bertz CT molecular complexity index is 742. The van der Waals surface area contributed by atoms with Crippen LogP contribution in [0.1, 0.15) is 31.2 Å². The van der Waals surface area contributed by atoms with Crippen molar-refractivity contribution in [2.75, 3.05) is 11.9 Å². The average Bonchev–Trinajstić information content (AvgIpc) is 2.56. The number of benzene rings is 1. The molecule has 1 aliphatic rings. The molecule has 3 rings (SSSR count). The third-order valence-corrected chi connectivity index (χ3v) is 4.27. The van der Waals surface area contributed by atoms with Gasteiger partial charge in [-0.15, -0.1) is 0 Å². The highest BCUT2D eigenvalue weighted by molar-refractivity contribution is 5.86. The highest BCUT2D eigenvalue weighted by Gasteiger charge is 2.20. The van der Waals surface area contributed by atoms with Crippen molar-refractivity contribution < 1.29 is 19.7 Å². The minimum atomic E-state index is -1.03. The van der Waals surface area contributed by atoms with Crippen LogP contribution in [0.2, 0.25) is 0 Å². The molecule has 2 aromatic rings. The number of nitrogens with one attached hydrogen (secondary N) is 1. The van der Waals surface area contributed by atoms with E-state index in [0.717, 1.165) is 36.6 Å². The Morgan fingerprint density at radius 3 is 2.79 bits per heavy atom. The van der Waals surface area contributed by atoms with E-state index in [4.69, 9.17) is 9.84 Å². The van der Waals surface area contributed by atoms with E-state index >= 15 is 0 Å². The van der Waals surface area contributed by atoms with Gasteiger partial charge in [-0.2, -0.15) is 0 Å². The van der Waals surface area contributed by atoms with Crippen molar-refractivity contribution >= 4 is 22.8 Å². The first-order valence-electron chi connectivity index (χ1n) is 8.08. The first-order chi connectivity index (χ1) is 11.5. The summed E-state index contributed by atoms with van der Waals surface area (Å²) in [6, 6.07) is 3.98. The zero-order chi connectivity index (χ0) is 17.1. The minimum Gasteiger partial charge on any atom is -0.479 e. The van der Waals surface area contributed by atoms with Gasteiger partial charge in [-0.05, 0) is 38.2 Å². The van der Waals surface area contributed by atoms with Gasteiger partial charge in [0, 0.05) is 17.6 Å². The number of aliphatic hydroxyl groups excluding tert-OH is 1. The molecule has 1 fully saturated rings. The van der Waals surface area contributed by atoms with Crippen LogP contribution in [0.15, 0.2) is 18.3 Å². The van der Waals surface area contributed by atoms with Gasteiger partial charge in [-0.1, -0.05) is 12.1 Å². The van der Waals surface area contributed by atoms with Crippen LogP contribution in [-0.4, -0.2) is 44.9 Å². The fourth-order valence-electron chi connectivity index (χ4n) is 2.96. The Labute approximate surface area is 139 Å². The van der Waals surface area contributed by atoms with E-state index < -0.39 is 12.6 Å². The largest absolute Gasteiger partial charge is 0.479 e. The third kappa shape index (κ3) is 3.73. The Hall–Kier alpha value is -2.41. The second-order valence-corrected chi connectivity index (χ2v) is 6.18. The number of carbonyl (C=O) groups is 1. The van der Waals surface area contributed by atoms with E-state index in [1.165, 1.54) is 0 Å². The molecular formula is C17H21N3O4. The second-order valence-electron chi connectivity index (χ2n) is 6.18. The fraction of sp³-hybridized carbons (Fsp3) is 0.471. The van der Waals surface area contributed by atoms with Gasteiger partial charge in [0.25, 0.3) is 0 Å². The summed E-state index contributed by atoms with van der Waals surface area (Å²) < 4.78 is 5.42. The summed E-state index contributed by atoms with van der Waals surface area (Å²) in [7, 11) is 0. The van der Waals surface area contributed by atoms with Crippen molar-refractivity contribution in [3.05, 3.63) is 23.9 Å². The summed E-state index contributed by atoms with van der Waals surface area (Å²) in [6.07, 6.45) is 4.79. The lowest BCUT2D eigenvalue weighted by Crippen LogP contribution is -2.28. The molecule has 0 atom stereocenters. The van der Waals surface area contributed by atoms with E-state index in [9.17, 15) is 9.90 Å². The Morgan fingerprint density at radius 2 is 2.08 bits per heavy atom. The highest BCUT2D eigenvalue weighted by Crippen LogP contribution is 2.29. The van der Waals surface area contributed by atoms with Crippen molar-refractivity contribution in [1.29, 1.82) is 0 Å². The maximum atomic E-state index is 10.8. The Kier molecular flexibility index (Phi) is 4.80. The number of aryl methyl sites for hydroxylation is 1. The maximum Gasteiger partial charge on any atom is 0.341 e. The minimum absolute atomic E-state index is 0.209. The molecule has 0 unspecified atom stereocenters. The molecule has 0 spiro atoms. The molecule has 0 amide bonds. The molecule has 3 N–H and O–H groups in total. The molecule has 7 nitrogen and oxygen atoms in total. The SMILES string of the molecule is Cc1ccc2cnc(N[C@H]3CC[C@H](O)CC3)nc2c1OCC(=O)O. The van der Waals surface area contributed by atoms with Crippen LogP contribution in [0.3, 0.4) is 0 Å². The van der Waals surface area contributed by atoms with Crippen molar-refractivity contribution in [3.8, 4) is 5.75 Å². The number of aromatic nitrogens is 2. The number of aliphatic hydroxyl groups is 1. The molecule has 0 bridgehead atoms. The summed E-state index contributed by atoms with van der Waals surface area (Å²) in [6.45, 7) is 1.45. The monoisotopic (exact) mass is 331 g/mol. The number of hydrogen-bond donors (Lipinski definition) is 3. The highest BCUT2D eigenvalue weighted by atomic mass is 16.5. The predicted octanol–water partition coefficient (Wildman–Crippen LogP) is 2.12. The number of ether oxygens (including phenoxy) is 1. The molecule has 1 heterocycles. The van der Waals surface area contributed by atoms with Crippen molar-refractivity contribution in [1.82, 2.24) is 9.97 Å². The molecule has 1 aromatic heterocycles. The van der Waals surface area contributed by atoms with Gasteiger partial charge >= 0.3 is 5.97 Å². The Morgan fingerprint density at radius 1 is 1.33 bits per heavy atom. The number of carboxylic acid groups (broad SMARTS) is 1. The molecule has 1 aliphatic carbocycles. The quantitative estimate of drug-likeness (QED) is 0.770. The van der Waals surface area contributed by atoms with Crippen molar-refractivity contribution in [2.24, 2.45) is 0 Å². The van der Waals surface area contributed by atoms with Crippen molar-refractivity contribution in [3.63, 3.8) is 0 Å². The lowest BCUT2D eigenvalue weighted by molar-refractivity contribution is -0.139.